The molecule has 2 nitrogen and oxygen atoms in total. The first-order valence-corrected chi connectivity index (χ1v) is 12.9. The molecule has 0 unspecified atom stereocenters. The van der Waals surface area contributed by atoms with Gasteiger partial charge in [0.2, 0.25) is 0 Å². The first-order chi connectivity index (χ1) is 17.5. The Bertz CT molecular complexity index is 1450. The van der Waals surface area contributed by atoms with Crippen molar-refractivity contribution in [3.63, 3.8) is 0 Å². The van der Waals surface area contributed by atoms with E-state index in [0.717, 1.165) is 37.8 Å². The van der Waals surface area contributed by atoms with Crippen molar-refractivity contribution < 1.29 is 8.78 Å². The predicted molar refractivity (Wildman–Crippen MR) is 145 cm³/mol. The van der Waals surface area contributed by atoms with Crippen LogP contribution in [0.5, 0.6) is 0 Å². The van der Waals surface area contributed by atoms with E-state index in [1.54, 1.807) is 6.20 Å². The molecule has 0 fully saturated rings. The van der Waals surface area contributed by atoms with Gasteiger partial charge < -0.3 is 4.57 Å². The lowest BCUT2D eigenvalue weighted by atomic mass is 9.98. The summed E-state index contributed by atoms with van der Waals surface area (Å²) in [6.45, 7) is 5.11. The van der Waals surface area contributed by atoms with Crippen molar-refractivity contribution in [3.8, 4) is 11.3 Å². The Hall–Kier alpha value is -3.53. The minimum Gasteiger partial charge on any atom is -0.340 e. The number of fused-ring (bicyclic) bond motifs is 3. The number of para-hydroxylation sites is 2. The lowest BCUT2D eigenvalue weighted by molar-refractivity contribution is 0.537. The zero-order valence-electron chi connectivity index (χ0n) is 21.0. The summed E-state index contributed by atoms with van der Waals surface area (Å²) in [6.07, 6.45) is 5.82. The lowest BCUT2D eigenvalue weighted by Crippen LogP contribution is -2.01. The van der Waals surface area contributed by atoms with E-state index < -0.39 is 11.6 Å². The second-order valence-corrected chi connectivity index (χ2v) is 9.87. The third-order valence-corrected chi connectivity index (χ3v) is 7.15. The fraction of sp³-hybridized carbons (Fsp3) is 0.281. The van der Waals surface area contributed by atoms with Crippen molar-refractivity contribution in [2.75, 3.05) is 0 Å². The van der Waals surface area contributed by atoms with E-state index in [4.69, 9.17) is 0 Å². The molecule has 5 rings (SSSR count). The van der Waals surface area contributed by atoms with E-state index in [0.29, 0.717) is 23.6 Å². The first kappa shape index (κ1) is 24.2. The number of halogens is 2. The highest BCUT2D eigenvalue weighted by atomic mass is 19.1. The highest BCUT2D eigenvalue weighted by Crippen LogP contribution is 2.30. The smallest absolute Gasteiger partial charge is 0.138 e. The fourth-order valence-electron chi connectivity index (χ4n) is 5.15. The van der Waals surface area contributed by atoms with Gasteiger partial charge in [-0.25, -0.2) is 8.78 Å². The average Bonchev–Trinajstić information content (AvgIpc) is 3.21. The monoisotopic (exact) mass is 482 g/mol. The highest BCUT2D eigenvalue weighted by Gasteiger charge is 2.16. The van der Waals surface area contributed by atoms with Crippen LogP contribution in [0.25, 0.3) is 33.1 Å². The highest BCUT2D eigenvalue weighted by molar-refractivity contribution is 6.07. The molecule has 5 aromatic rings. The number of aryl methyl sites for hydroxylation is 1. The summed E-state index contributed by atoms with van der Waals surface area (Å²) >= 11 is 0. The van der Waals surface area contributed by atoms with Gasteiger partial charge in [-0.1, -0.05) is 63.1 Å². The summed E-state index contributed by atoms with van der Waals surface area (Å²) in [5.41, 5.74) is 4.72. The lowest BCUT2D eigenvalue weighted by Gasteiger charge is -2.12. The molecule has 0 bridgehead atoms. The molecule has 36 heavy (non-hydrogen) atoms. The number of benzene rings is 3. The van der Waals surface area contributed by atoms with Crippen LogP contribution in [0.2, 0.25) is 0 Å². The van der Waals surface area contributed by atoms with Gasteiger partial charge in [0.05, 0.1) is 5.69 Å². The maximum absolute atomic E-state index is 15.3. The number of hydrogen-bond donors (Lipinski definition) is 0. The molecule has 0 aliphatic carbocycles. The maximum atomic E-state index is 15.3. The molecule has 2 heterocycles. The normalized spacial score (nSPS) is 11.7. The van der Waals surface area contributed by atoms with Gasteiger partial charge in [0.25, 0.3) is 0 Å². The van der Waals surface area contributed by atoms with Gasteiger partial charge in [-0.3, -0.25) is 4.98 Å². The van der Waals surface area contributed by atoms with E-state index in [2.05, 4.69) is 71.9 Å². The Morgan fingerprint density at radius 2 is 1.44 bits per heavy atom. The van der Waals surface area contributed by atoms with E-state index >= 15 is 4.39 Å². The van der Waals surface area contributed by atoms with Crippen LogP contribution in [0.4, 0.5) is 8.78 Å². The van der Waals surface area contributed by atoms with Crippen molar-refractivity contribution in [3.05, 3.63) is 102 Å². The number of aromatic nitrogens is 2. The summed E-state index contributed by atoms with van der Waals surface area (Å²) in [5, 5.41) is 2.57. The van der Waals surface area contributed by atoms with E-state index in [9.17, 15) is 4.39 Å². The minimum atomic E-state index is -0.478. The molecule has 3 aromatic carbocycles. The van der Waals surface area contributed by atoms with Gasteiger partial charge in [0.1, 0.15) is 11.6 Å². The predicted octanol–water partition coefficient (Wildman–Crippen LogP) is 9.06. The Morgan fingerprint density at radius 3 is 2.14 bits per heavy atom. The van der Waals surface area contributed by atoms with Crippen LogP contribution in [-0.4, -0.2) is 9.55 Å². The number of nitrogens with zero attached hydrogens (tertiary/aromatic N) is 2. The van der Waals surface area contributed by atoms with Crippen molar-refractivity contribution in [1.82, 2.24) is 9.55 Å². The minimum absolute atomic E-state index is 0.173. The molecule has 4 heteroatoms. The van der Waals surface area contributed by atoms with Crippen LogP contribution in [0.3, 0.4) is 0 Å². The zero-order valence-corrected chi connectivity index (χ0v) is 21.0. The second-order valence-electron chi connectivity index (χ2n) is 9.87. The third kappa shape index (κ3) is 4.77. The summed E-state index contributed by atoms with van der Waals surface area (Å²) in [7, 11) is 0. The van der Waals surface area contributed by atoms with Gasteiger partial charge >= 0.3 is 0 Å². The Morgan fingerprint density at radius 1 is 0.778 bits per heavy atom. The topological polar surface area (TPSA) is 17.8 Å². The van der Waals surface area contributed by atoms with Gasteiger partial charge in [-0.2, -0.15) is 0 Å². The van der Waals surface area contributed by atoms with Gasteiger partial charge in [-0.15, -0.1) is 0 Å². The fourth-order valence-corrected chi connectivity index (χ4v) is 5.15. The molecule has 0 amide bonds. The molecule has 0 saturated heterocycles. The van der Waals surface area contributed by atoms with Crippen LogP contribution >= 0.6 is 0 Å². The third-order valence-electron chi connectivity index (χ3n) is 7.15. The van der Waals surface area contributed by atoms with E-state index in [1.165, 1.54) is 33.9 Å². The van der Waals surface area contributed by atoms with E-state index in [1.807, 2.05) is 12.1 Å². The molecule has 2 aromatic heterocycles. The first-order valence-electron chi connectivity index (χ1n) is 12.9. The van der Waals surface area contributed by atoms with Crippen molar-refractivity contribution in [1.29, 1.82) is 0 Å². The summed E-state index contributed by atoms with van der Waals surface area (Å²) < 4.78 is 32.3. The van der Waals surface area contributed by atoms with Gasteiger partial charge in [-0.05, 0) is 67.1 Å². The molecule has 0 N–H and O–H groups in total. The quantitative estimate of drug-likeness (QED) is 0.192. The molecule has 0 aliphatic heterocycles. The number of unbranched alkanes of at least 4 members (excludes halogenated alkanes) is 3. The molecule has 0 atom stereocenters. The molecule has 0 saturated carbocycles. The van der Waals surface area contributed by atoms with Crippen LogP contribution in [-0.2, 0) is 13.0 Å². The van der Waals surface area contributed by atoms with Crippen LogP contribution in [0.15, 0.2) is 79.0 Å². The van der Waals surface area contributed by atoms with Crippen molar-refractivity contribution >= 4 is 21.8 Å². The molecular weight excluding hydrogens is 450 g/mol. The van der Waals surface area contributed by atoms with Crippen LogP contribution < -0.4 is 0 Å². The number of hydrogen-bond acceptors (Lipinski definition) is 1. The van der Waals surface area contributed by atoms with Crippen LogP contribution in [0.1, 0.15) is 56.6 Å². The second kappa shape index (κ2) is 10.6. The van der Waals surface area contributed by atoms with E-state index in [-0.39, 0.29) is 5.56 Å². The Kier molecular flexibility index (Phi) is 7.13. The summed E-state index contributed by atoms with van der Waals surface area (Å²) in [4.78, 5) is 4.35. The molecular formula is C32H32F2N2. The van der Waals surface area contributed by atoms with Crippen molar-refractivity contribution in [2.45, 2.75) is 58.4 Å². The standard InChI is InChI=1S/C32H32F2N2/c1-22(2)23-18-19-35-29(21-23)27-16-17-28(33)26(32(27)34)13-5-3-4-10-20-36-30-14-8-6-11-24(30)25-12-7-9-15-31(25)36/h6-9,11-12,14-19,21-22H,3-5,10,13,20H2,1-2H3. The van der Waals surface area contributed by atoms with Gasteiger partial charge in [0.15, 0.2) is 0 Å². The van der Waals surface area contributed by atoms with Crippen LogP contribution in [0, 0.1) is 11.6 Å². The number of rotatable bonds is 9. The summed E-state index contributed by atoms with van der Waals surface area (Å²) in [5.74, 6) is -0.632. The maximum Gasteiger partial charge on any atom is 0.138 e. The molecule has 0 aliphatic rings. The van der Waals surface area contributed by atoms with Gasteiger partial charge in [0, 0.05) is 45.7 Å². The number of pyridine rings is 1. The zero-order chi connectivity index (χ0) is 25.1. The molecule has 0 radical (unpaired) electrons. The largest absolute Gasteiger partial charge is 0.340 e. The summed E-state index contributed by atoms with van der Waals surface area (Å²) in [6, 6.07) is 23.8. The average molecular weight is 483 g/mol. The SMILES string of the molecule is CC(C)c1ccnc(-c2ccc(F)c(CCCCCCn3c4ccccc4c4ccccc43)c2F)c1. The van der Waals surface area contributed by atoms with Crippen molar-refractivity contribution in [2.24, 2.45) is 0 Å². The Balaban J connectivity index is 1.22. The Labute approximate surface area is 211 Å². The molecule has 184 valence electrons. The molecule has 0 spiro atoms.